The molecule has 29 heavy (non-hydrogen) atoms. The van der Waals surface area contributed by atoms with Gasteiger partial charge in [-0.15, -0.1) is 0 Å². The topological polar surface area (TPSA) is 103 Å². The molecular weight excluding hydrogens is 374 g/mol. The van der Waals surface area contributed by atoms with Gasteiger partial charge in [0, 0.05) is 55.6 Å². The SMILES string of the molecule is COc1ncc(CN2CC3CCCC(C2)C3(O)c2cnc(OC)nc2OC)cn1. The summed E-state index contributed by atoms with van der Waals surface area (Å²) < 4.78 is 15.6. The van der Waals surface area contributed by atoms with Crippen LogP contribution in [-0.2, 0) is 12.1 Å². The lowest BCUT2D eigenvalue weighted by molar-refractivity contribution is -0.149. The molecule has 2 aromatic rings. The third-order valence-corrected chi connectivity index (χ3v) is 6.12. The molecule has 2 bridgehead atoms. The van der Waals surface area contributed by atoms with Crippen molar-refractivity contribution in [2.24, 2.45) is 11.8 Å². The molecule has 0 radical (unpaired) electrons. The number of likely N-dealkylation sites (tertiary alicyclic amines) is 1. The van der Waals surface area contributed by atoms with Gasteiger partial charge < -0.3 is 19.3 Å². The lowest BCUT2D eigenvalue weighted by Crippen LogP contribution is -2.58. The smallest absolute Gasteiger partial charge is 0.319 e. The summed E-state index contributed by atoms with van der Waals surface area (Å²) in [5.41, 5.74) is 0.672. The molecule has 2 aliphatic rings. The van der Waals surface area contributed by atoms with Gasteiger partial charge in [0.05, 0.1) is 26.9 Å². The van der Waals surface area contributed by atoms with Gasteiger partial charge in [-0.2, -0.15) is 4.98 Å². The molecule has 4 rings (SSSR count). The van der Waals surface area contributed by atoms with E-state index in [1.165, 1.54) is 7.11 Å². The summed E-state index contributed by atoms with van der Waals surface area (Å²) in [4.78, 5) is 19.3. The number of aromatic nitrogens is 4. The van der Waals surface area contributed by atoms with Gasteiger partial charge in [-0.1, -0.05) is 6.42 Å². The molecule has 0 amide bonds. The van der Waals surface area contributed by atoms with Crippen molar-refractivity contribution in [2.75, 3.05) is 34.4 Å². The summed E-state index contributed by atoms with van der Waals surface area (Å²) in [6.45, 7) is 2.28. The van der Waals surface area contributed by atoms with Crippen molar-refractivity contribution in [1.82, 2.24) is 24.8 Å². The molecule has 2 atom stereocenters. The van der Waals surface area contributed by atoms with Crippen molar-refractivity contribution in [1.29, 1.82) is 0 Å². The lowest BCUT2D eigenvalue weighted by atomic mass is 9.63. The van der Waals surface area contributed by atoms with Crippen LogP contribution >= 0.6 is 0 Å². The Morgan fingerprint density at radius 2 is 1.59 bits per heavy atom. The van der Waals surface area contributed by atoms with Gasteiger partial charge in [-0.3, -0.25) is 4.90 Å². The lowest BCUT2D eigenvalue weighted by Gasteiger charge is -2.53. The van der Waals surface area contributed by atoms with E-state index in [2.05, 4.69) is 24.8 Å². The van der Waals surface area contributed by atoms with Crippen molar-refractivity contribution in [3.63, 3.8) is 0 Å². The standard InChI is InChI=1S/C20H27N5O4/c1-27-17-16(9-23-19(24-17)29-3)20(26)14-5-4-6-15(20)12-25(11-14)10-13-7-21-18(28-2)22-8-13/h7-9,14-15,26H,4-6,10-12H2,1-3H3. The highest BCUT2D eigenvalue weighted by Gasteiger charge is 2.53. The number of ether oxygens (including phenoxy) is 3. The molecule has 2 unspecified atom stereocenters. The Balaban J connectivity index is 1.58. The third-order valence-electron chi connectivity index (χ3n) is 6.12. The van der Waals surface area contributed by atoms with Crippen LogP contribution in [0.3, 0.4) is 0 Å². The van der Waals surface area contributed by atoms with E-state index in [0.29, 0.717) is 17.5 Å². The van der Waals surface area contributed by atoms with E-state index in [9.17, 15) is 5.11 Å². The van der Waals surface area contributed by atoms with Crippen molar-refractivity contribution < 1.29 is 19.3 Å². The number of rotatable bonds is 6. The van der Waals surface area contributed by atoms with E-state index in [1.54, 1.807) is 32.8 Å². The van der Waals surface area contributed by atoms with E-state index in [0.717, 1.165) is 44.5 Å². The molecule has 0 spiro atoms. The highest BCUT2D eigenvalue weighted by Crippen LogP contribution is 2.51. The minimum absolute atomic E-state index is 0.0695. The Morgan fingerprint density at radius 3 is 2.17 bits per heavy atom. The van der Waals surface area contributed by atoms with Gasteiger partial charge in [0.25, 0.3) is 0 Å². The monoisotopic (exact) mass is 401 g/mol. The number of nitrogens with zero attached hydrogens (tertiary/aromatic N) is 5. The fourth-order valence-corrected chi connectivity index (χ4v) is 4.78. The first-order valence-corrected chi connectivity index (χ1v) is 9.83. The Hall–Kier alpha value is -2.52. The van der Waals surface area contributed by atoms with Crippen LogP contribution in [0.1, 0.15) is 30.4 Å². The Kier molecular flexibility index (Phi) is 5.51. The maximum atomic E-state index is 11.9. The van der Waals surface area contributed by atoms with Crippen molar-refractivity contribution in [3.8, 4) is 17.9 Å². The van der Waals surface area contributed by atoms with Crippen LogP contribution < -0.4 is 14.2 Å². The highest BCUT2D eigenvalue weighted by molar-refractivity contribution is 5.34. The van der Waals surface area contributed by atoms with Crippen LogP contribution in [0, 0.1) is 11.8 Å². The summed E-state index contributed by atoms with van der Waals surface area (Å²) in [7, 11) is 4.63. The normalized spacial score (nSPS) is 26.8. The molecule has 156 valence electrons. The van der Waals surface area contributed by atoms with E-state index >= 15 is 0 Å². The average Bonchev–Trinajstić information content (AvgIpc) is 2.74. The minimum atomic E-state index is -1.01. The molecule has 9 heteroatoms. The summed E-state index contributed by atoms with van der Waals surface area (Å²) in [5, 5.41) is 11.9. The van der Waals surface area contributed by atoms with Crippen molar-refractivity contribution >= 4 is 0 Å². The largest absolute Gasteiger partial charge is 0.481 e. The molecule has 1 aliphatic carbocycles. The second kappa shape index (κ2) is 8.08. The number of piperidine rings is 1. The van der Waals surface area contributed by atoms with Crippen molar-refractivity contribution in [2.45, 2.75) is 31.4 Å². The minimum Gasteiger partial charge on any atom is -0.481 e. The zero-order valence-electron chi connectivity index (χ0n) is 17.0. The molecule has 3 heterocycles. The van der Waals surface area contributed by atoms with Crippen LogP contribution in [-0.4, -0.2) is 64.4 Å². The van der Waals surface area contributed by atoms with E-state index in [4.69, 9.17) is 14.2 Å². The number of methoxy groups -OCH3 is 3. The molecule has 0 aromatic carbocycles. The fourth-order valence-electron chi connectivity index (χ4n) is 4.78. The third kappa shape index (κ3) is 3.60. The van der Waals surface area contributed by atoms with Crippen molar-refractivity contribution in [3.05, 3.63) is 29.7 Å². The second-order valence-corrected chi connectivity index (χ2v) is 7.70. The van der Waals surface area contributed by atoms with Crippen LogP contribution in [0.2, 0.25) is 0 Å². The average molecular weight is 401 g/mol. The fraction of sp³-hybridized carbons (Fsp3) is 0.600. The Labute approximate surface area is 170 Å². The van der Waals surface area contributed by atoms with E-state index in [-0.39, 0.29) is 17.8 Å². The van der Waals surface area contributed by atoms with Gasteiger partial charge in [0.1, 0.15) is 5.60 Å². The predicted molar refractivity (Wildman–Crippen MR) is 104 cm³/mol. The molecule has 1 aliphatic heterocycles. The Bertz CT molecular complexity index is 833. The van der Waals surface area contributed by atoms with Gasteiger partial charge >= 0.3 is 12.0 Å². The second-order valence-electron chi connectivity index (χ2n) is 7.70. The quantitative estimate of drug-likeness (QED) is 0.769. The number of aliphatic hydroxyl groups is 1. The Morgan fingerprint density at radius 1 is 0.966 bits per heavy atom. The maximum Gasteiger partial charge on any atom is 0.319 e. The van der Waals surface area contributed by atoms with Gasteiger partial charge in [0.2, 0.25) is 5.88 Å². The van der Waals surface area contributed by atoms with E-state index < -0.39 is 5.60 Å². The van der Waals surface area contributed by atoms with Crippen LogP contribution in [0.15, 0.2) is 18.6 Å². The van der Waals surface area contributed by atoms with Crippen LogP contribution in [0.4, 0.5) is 0 Å². The highest BCUT2D eigenvalue weighted by atomic mass is 16.5. The van der Waals surface area contributed by atoms with Gasteiger partial charge in [-0.05, 0) is 12.8 Å². The molecule has 2 aromatic heterocycles. The first-order chi connectivity index (χ1) is 14.1. The predicted octanol–water partition coefficient (Wildman–Crippen LogP) is 1.41. The summed E-state index contributed by atoms with van der Waals surface area (Å²) in [6.07, 6.45) is 8.24. The molecule has 1 saturated carbocycles. The van der Waals surface area contributed by atoms with Gasteiger partial charge in [0.15, 0.2) is 0 Å². The molecule has 1 saturated heterocycles. The molecule has 1 N–H and O–H groups in total. The van der Waals surface area contributed by atoms with Crippen LogP contribution in [0.25, 0.3) is 0 Å². The number of hydrogen-bond acceptors (Lipinski definition) is 9. The molecular formula is C20H27N5O4. The molecule has 2 fully saturated rings. The summed E-state index contributed by atoms with van der Waals surface area (Å²) >= 11 is 0. The van der Waals surface area contributed by atoms with Crippen LogP contribution in [0.5, 0.6) is 17.9 Å². The van der Waals surface area contributed by atoms with Gasteiger partial charge in [-0.25, -0.2) is 15.0 Å². The zero-order valence-corrected chi connectivity index (χ0v) is 17.0. The summed E-state index contributed by atoms with van der Waals surface area (Å²) in [5.74, 6) is 0.522. The molecule has 9 nitrogen and oxygen atoms in total. The first kappa shape index (κ1) is 19.8. The number of hydrogen-bond donors (Lipinski definition) is 1. The maximum absolute atomic E-state index is 11.9. The van der Waals surface area contributed by atoms with E-state index in [1.807, 2.05) is 0 Å². The zero-order chi connectivity index (χ0) is 20.4. The summed E-state index contributed by atoms with van der Waals surface area (Å²) in [6, 6.07) is 0.599. The first-order valence-electron chi connectivity index (χ1n) is 9.83. The number of fused-ring (bicyclic) bond motifs is 2.